The second kappa shape index (κ2) is 11.8. The van der Waals surface area contributed by atoms with Gasteiger partial charge in [-0.25, -0.2) is 0 Å². The van der Waals surface area contributed by atoms with Gasteiger partial charge in [-0.3, -0.25) is 4.79 Å². The summed E-state index contributed by atoms with van der Waals surface area (Å²) < 4.78 is 0. The van der Waals surface area contributed by atoms with Gasteiger partial charge < -0.3 is 15.7 Å². The molecular formula is C10H23ClN2O2. The van der Waals surface area contributed by atoms with Gasteiger partial charge in [0.25, 0.3) is 0 Å². The van der Waals surface area contributed by atoms with Gasteiger partial charge in [0.1, 0.15) is 0 Å². The first-order chi connectivity index (χ1) is 6.74. The number of amides is 1. The molecule has 92 valence electrons. The lowest BCUT2D eigenvalue weighted by Crippen LogP contribution is -2.35. The second-order valence-corrected chi connectivity index (χ2v) is 3.50. The molecule has 0 heterocycles. The standard InChI is InChI=1S/C10H22N2O2.ClH/c1-3-4-9(5-6-13)7-12-10(14)8-11-2;/h9,11,13H,3-8H2,1-2H3,(H,12,14);1H. The molecule has 0 aliphatic rings. The van der Waals surface area contributed by atoms with Crippen molar-refractivity contribution < 1.29 is 9.90 Å². The summed E-state index contributed by atoms with van der Waals surface area (Å²) in [5.74, 6) is 0.428. The Morgan fingerprint density at radius 3 is 2.53 bits per heavy atom. The van der Waals surface area contributed by atoms with Gasteiger partial charge in [0.05, 0.1) is 6.54 Å². The van der Waals surface area contributed by atoms with E-state index < -0.39 is 0 Å². The van der Waals surface area contributed by atoms with Gasteiger partial charge in [-0.05, 0) is 25.8 Å². The van der Waals surface area contributed by atoms with E-state index in [2.05, 4.69) is 17.6 Å². The number of rotatable bonds is 8. The lowest BCUT2D eigenvalue weighted by Gasteiger charge is -2.15. The molecule has 4 nitrogen and oxygen atoms in total. The molecule has 0 fully saturated rings. The zero-order valence-corrected chi connectivity index (χ0v) is 10.4. The van der Waals surface area contributed by atoms with Crippen LogP contribution in [0.15, 0.2) is 0 Å². The Morgan fingerprint density at radius 1 is 1.40 bits per heavy atom. The van der Waals surface area contributed by atoms with Gasteiger partial charge in [0.2, 0.25) is 5.91 Å². The summed E-state index contributed by atoms with van der Waals surface area (Å²) in [5.41, 5.74) is 0. The van der Waals surface area contributed by atoms with Crippen LogP contribution < -0.4 is 10.6 Å². The predicted octanol–water partition coefficient (Wildman–Crippen LogP) is 0.542. The first-order valence-electron chi connectivity index (χ1n) is 5.26. The Labute approximate surface area is 98.2 Å². The zero-order chi connectivity index (χ0) is 10.8. The van der Waals surface area contributed by atoms with Crippen LogP contribution in [0.25, 0.3) is 0 Å². The third-order valence-electron chi connectivity index (χ3n) is 2.16. The highest BCUT2D eigenvalue weighted by molar-refractivity contribution is 5.85. The minimum atomic E-state index is 0. The Morgan fingerprint density at radius 2 is 2.07 bits per heavy atom. The molecule has 3 N–H and O–H groups in total. The maximum absolute atomic E-state index is 11.1. The monoisotopic (exact) mass is 238 g/mol. The third-order valence-corrected chi connectivity index (χ3v) is 2.16. The van der Waals surface area contributed by atoms with Gasteiger partial charge in [-0.2, -0.15) is 0 Å². The van der Waals surface area contributed by atoms with Crippen LogP contribution in [-0.2, 0) is 4.79 Å². The topological polar surface area (TPSA) is 61.4 Å². The third kappa shape index (κ3) is 9.97. The SMILES string of the molecule is CCCC(CCO)CNC(=O)CNC.Cl. The fourth-order valence-electron chi connectivity index (χ4n) is 1.42. The molecule has 0 aliphatic carbocycles. The number of likely N-dealkylation sites (N-methyl/N-ethyl adjacent to an activating group) is 1. The maximum Gasteiger partial charge on any atom is 0.233 e. The highest BCUT2D eigenvalue weighted by atomic mass is 35.5. The number of carbonyl (C=O) groups excluding carboxylic acids is 1. The number of nitrogens with one attached hydrogen (secondary N) is 2. The Hall–Kier alpha value is -0.320. The van der Waals surface area contributed by atoms with Gasteiger partial charge in [0.15, 0.2) is 0 Å². The van der Waals surface area contributed by atoms with Crippen molar-refractivity contribution in [3.8, 4) is 0 Å². The van der Waals surface area contributed by atoms with Crippen LogP contribution >= 0.6 is 12.4 Å². The normalized spacial score (nSPS) is 11.7. The largest absolute Gasteiger partial charge is 0.396 e. The molecule has 0 aromatic carbocycles. The minimum absolute atomic E-state index is 0. The quantitative estimate of drug-likeness (QED) is 0.579. The van der Waals surface area contributed by atoms with Gasteiger partial charge in [-0.1, -0.05) is 13.3 Å². The molecular weight excluding hydrogens is 216 g/mol. The second-order valence-electron chi connectivity index (χ2n) is 3.50. The molecule has 0 spiro atoms. The van der Waals surface area contributed by atoms with Gasteiger partial charge in [-0.15, -0.1) is 12.4 Å². The molecule has 15 heavy (non-hydrogen) atoms. The van der Waals surface area contributed by atoms with Crippen molar-refractivity contribution in [2.24, 2.45) is 5.92 Å². The molecule has 0 aliphatic heterocycles. The number of halogens is 1. The van der Waals surface area contributed by atoms with Crippen molar-refractivity contribution in [2.45, 2.75) is 26.2 Å². The highest BCUT2D eigenvalue weighted by Crippen LogP contribution is 2.08. The predicted molar refractivity (Wildman–Crippen MR) is 64.3 cm³/mol. The first-order valence-corrected chi connectivity index (χ1v) is 5.26. The molecule has 1 amide bonds. The number of hydrogen-bond donors (Lipinski definition) is 3. The Kier molecular flexibility index (Phi) is 13.4. The molecule has 0 aromatic rings. The smallest absolute Gasteiger partial charge is 0.233 e. The van der Waals surface area contributed by atoms with E-state index in [1.165, 1.54) is 0 Å². The first kappa shape index (κ1) is 17.1. The summed E-state index contributed by atoms with van der Waals surface area (Å²) in [7, 11) is 1.75. The highest BCUT2D eigenvalue weighted by Gasteiger charge is 2.08. The van der Waals surface area contributed by atoms with Crippen LogP contribution in [0, 0.1) is 5.92 Å². The van der Waals surface area contributed by atoms with Crippen LogP contribution in [0.5, 0.6) is 0 Å². The molecule has 0 rings (SSSR count). The van der Waals surface area contributed by atoms with Gasteiger partial charge >= 0.3 is 0 Å². The van der Waals surface area contributed by atoms with Crippen molar-refractivity contribution in [2.75, 3.05) is 26.7 Å². The number of aliphatic hydroxyl groups is 1. The molecule has 0 radical (unpaired) electrons. The van der Waals surface area contributed by atoms with E-state index in [0.717, 1.165) is 19.3 Å². The Balaban J connectivity index is 0. The molecule has 0 aromatic heterocycles. The van der Waals surface area contributed by atoms with Gasteiger partial charge in [0, 0.05) is 13.2 Å². The average Bonchev–Trinajstić information content (AvgIpc) is 2.15. The van der Waals surface area contributed by atoms with E-state index >= 15 is 0 Å². The molecule has 0 bridgehead atoms. The van der Waals surface area contributed by atoms with E-state index in [4.69, 9.17) is 5.11 Å². The van der Waals surface area contributed by atoms with Crippen LogP contribution in [0.4, 0.5) is 0 Å². The van der Waals surface area contributed by atoms with Crippen LogP contribution in [-0.4, -0.2) is 37.8 Å². The summed E-state index contributed by atoms with van der Waals surface area (Å²) in [6, 6.07) is 0. The Bertz CT molecular complexity index is 150. The van der Waals surface area contributed by atoms with Crippen molar-refractivity contribution in [1.82, 2.24) is 10.6 Å². The summed E-state index contributed by atoms with van der Waals surface area (Å²) >= 11 is 0. The molecule has 0 saturated carbocycles. The number of carbonyl (C=O) groups is 1. The summed E-state index contributed by atoms with van der Waals surface area (Å²) in [5, 5.41) is 14.4. The fraction of sp³-hybridized carbons (Fsp3) is 0.900. The molecule has 1 unspecified atom stereocenters. The minimum Gasteiger partial charge on any atom is -0.396 e. The summed E-state index contributed by atoms with van der Waals surface area (Å²) in [4.78, 5) is 11.1. The van der Waals surface area contributed by atoms with Crippen molar-refractivity contribution in [3.05, 3.63) is 0 Å². The summed E-state index contributed by atoms with van der Waals surface area (Å²) in [6.45, 7) is 3.35. The van der Waals surface area contributed by atoms with E-state index in [0.29, 0.717) is 19.0 Å². The fourth-order valence-corrected chi connectivity index (χ4v) is 1.42. The molecule has 1 atom stereocenters. The summed E-state index contributed by atoms with van der Waals surface area (Å²) in [6.07, 6.45) is 2.92. The van der Waals surface area contributed by atoms with Crippen molar-refractivity contribution in [3.63, 3.8) is 0 Å². The van der Waals surface area contributed by atoms with E-state index in [1.54, 1.807) is 7.05 Å². The molecule has 5 heteroatoms. The molecule has 0 saturated heterocycles. The van der Waals surface area contributed by atoms with Crippen molar-refractivity contribution >= 4 is 18.3 Å². The van der Waals surface area contributed by atoms with Crippen molar-refractivity contribution in [1.29, 1.82) is 0 Å². The number of aliphatic hydroxyl groups excluding tert-OH is 1. The van der Waals surface area contributed by atoms with Crippen LogP contribution in [0.3, 0.4) is 0 Å². The van der Waals surface area contributed by atoms with E-state index in [9.17, 15) is 4.79 Å². The number of hydrogen-bond acceptors (Lipinski definition) is 3. The zero-order valence-electron chi connectivity index (χ0n) is 9.58. The van der Waals surface area contributed by atoms with Crippen LogP contribution in [0.1, 0.15) is 26.2 Å². The van der Waals surface area contributed by atoms with Crippen LogP contribution in [0.2, 0.25) is 0 Å². The lowest BCUT2D eigenvalue weighted by molar-refractivity contribution is -0.120. The van der Waals surface area contributed by atoms with E-state index in [1.807, 2.05) is 0 Å². The maximum atomic E-state index is 11.1. The average molecular weight is 239 g/mol. The van der Waals surface area contributed by atoms with E-state index in [-0.39, 0.29) is 24.9 Å². The lowest BCUT2D eigenvalue weighted by atomic mass is 10.0.